The topological polar surface area (TPSA) is 81.2 Å². The molecule has 0 atom stereocenters. The molecule has 20 heavy (non-hydrogen) atoms. The van der Waals surface area contributed by atoms with Crippen LogP contribution in [0, 0.1) is 5.82 Å². The quantitative estimate of drug-likeness (QED) is 0.879. The molecule has 2 rings (SSSR count). The Labute approximate surface area is 121 Å². The number of carbonyl (C=O) groups excluding carboxylic acids is 2. The van der Waals surface area contributed by atoms with Crippen molar-refractivity contribution >= 4 is 40.5 Å². The molecule has 9 heteroatoms. The predicted molar refractivity (Wildman–Crippen MR) is 70.6 cm³/mol. The van der Waals surface area contributed by atoms with Gasteiger partial charge in [-0.05, 0) is 29.8 Å². The van der Waals surface area contributed by atoms with E-state index in [1.165, 1.54) is 6.07 Å². The molecule has 0 fully saturated rings. The maximum absolute atomic E-state index is 13.1. The van der Waals surface area contributed by atoms with Gasteiger partial charge in [0.25, 0.3) is 5.91 Å². The Kier molecular flexibility index (Phi) is 4.26. The van der Waals surface area contributed by atoms with E-state index in [1.807, 2.05) is 0 Å². The van der Waals surface area contributed by atoms with Crippen molar-refractivity contribution in [1.82, 2.24) is 10.2 Å². The molecule has 6 nitrogen and oxygen atoms in total. The predicted octanol–water partition coefficient (Wildman–Crippen LogP) is 2.37. The van der Waals surface area contributed by atoms with Crippen LogP contribution >= 0.6 is 22.9 Å². The number of hydrogen-bond donors (Lipinski definition) is 1. The fraction of sp³-hybridized carbons (Fsp3) is 0.0909. The molecule has 104 valence electrons. The monoisotopic (exact) mass is 315 g/mol. The number of aromatic nitrogens is 2. The number of nitrogens with zero attached hydrogens (tertiary/aromatic N) is 2. The Hall–Kier alpha value is -2.06. The van der Waals surface area contributed by atoms with Crippen molar-refractivity contribution in [2.45, 2.75) is 0 Å². The smallest absolute Gasteiger partial charge is 0.340 e. The van der Waals surface area contributed by atoms with Crippen molar-refractivity contribution < 1.29 is 18.7 Å². The molecule has 0 bridgehead atoms. The summed E-state index contributed by atoms with van der Waals surface area (Å²) in [6, 6.07) is 3.33. The number of amides is 1. The van der Waals surface area contributed by atoms with Gasteiger partial charge in [0, 0.05) is 0 Å². The van der Waals surface area contributed by atoms with Gasteiger partial charge in [-0.1, -0.05) is 11.3 Å². The van der Waals surface area contributed by atoms with Crippen molar-refractivity contribution in [2.75, 3.05) is 12.4 Å². The maximum Gasteiger partial charge on any atom is 0.340 e. The number of carbonyl (C=O) groups is 2. The van der Waals surface area contributed by atoms with E-state index in [2.05, 4.69) is 20.3 Å². The van der Waals surface area contributed by atoms with Gasteiger partial charge in [0.2, 0.25) is 9.47 Å². The van der Waals surface area contributed by atoms with Gasteiger partial charge in [-0.15, -0.1) is 10.2 Å². The number of methoxy groups -OCH3 is 1. The summed E-state index contributed by atoms with van der Waals surface area (Å²) in [4.78, 5) is 23.4. The van der Waals surface area contributed by atoms with Gasteiger partial charge >= 0.3 is 5.97 Å². The van der Waals surface area contributed by atoms with E-state index >= 15 is 0 Å². The van der Waals surface area contributed by atoms with E-state index in [0.717, 1.165) is 30.6 Å². The molecule has 0 saturated carbocycles. The Balaban J connectivity index is 2.29. The summed E-state index contributed by atoms with van der Waals surface area (Å²) in [6.45, 7) is 0. The van der Waals surface area contributed by atoms with E-state index in [-0.39, 0.29) is 20.7 Å². The summed E-state index contributed by atoms with van der Waals surface area (Å²) in [5.74, 6) is -2.00. The molecule has 1 N–H and O–H groups in total. The van der Waals surface area contributed by atoms with Crippen LogP contribution in [0.5, 0.6) is 0 Å². The minimum absolute atomic E-state index is 0.0233. The number of rotatable bonds is 3. The summed E-state index contributed by atoms with van der Waals surface area (Å²) in [6.07, 6.45) is 0. The molecule has 0 unspecified atom stereocenters. The molecule has 1 heterocycles. The van der Waals surface area contributed by atoms with Crippen LogP contribution in [-0.2, 0) is 4.74 Å². The second-order valence-corrected chi connectivity index (χ2v) is 5.06. The van der Waals surface area contributed by atoms with E-state index in [1.54, 1.807) is 0 Å². The Morgan fingerprint density at radius 3 is 2.75 bits per heavy atom. The largest absolute Gasteiger partial charge is 0.465 e. The van der Waals surface area contributed by atoms with Crippen molar-refractivity contribution in [3.63, 3.8) is 0 Å². The number of nitrogens with one attached hydrogen (secondary N) is 1. The number of hydrogen-bond acceptors (Lipinski definition) is 6. The molecule has 2 aromatic rings. The average Bonchev–Trinajstić information content (AvgIpc) is 2.86. The number of esters is 1. The minimum Gasteiger partial charge on any atom is -0.465 e. The Bertz CT molecular complexity index is 677. The van der Waals surface area contributed by atoms with Gasteiger partial charge in [-0.3, -0.25) is 4.79 Å². The van der Waals surface area contributed by atoms with Crippen LogP contribution in [0.2, 0.25) is 4.47 Å². The molecule has 0 spiro atoms. The lowest BCUT2D eigenvalue weighted by Gasteiger charge is -2.08. The van der Waals surface area contributed by atoms with Gasteiger partial charge in [0.1, 0.15) is 5.82 Å². The second-order valence-electron chi connectivity index (χ2n) is 3.50. The first kappa shape index (κ1) is 14.4. The van der Waals surface area contributed by atoms with E-state index < -0.39 is 17.7 Å². The summed E-state index contributed by atoms with van der Waals surface area (Å²) in [7, 11) is 1.16. The summed E-state index contributed by atoms with van der Waals surface area (Å²) in [5.41, 5.74) is 0.00559. The molecular formula is C11H7ClFN3O3S. The van der Waals surface area contributed by atoms with Crippen LogP contribution in [0.3, 0.4) is 0 Å². The molecule has 0 aliphatic carbocycles. The molecule has 0 saturated heterocycles. The summed E-state index contributed by atoms with van der Waals surface area (Å²) in [5, 5.41) is 9.50. The average molecular weight is 316 g/mol. The number of halogens is 2. The molecule has 0 aliphatic rings. The van der Waals surface area contributed by atoms with Crippen molar-refractivity contribution in [1.29, 1.82) is 0 Å². The third kappa shape index (κ3) is 3.09. The van der Waals surface area contributed by atoms with Crippen LogP contribution in [-0.4, -0.2) is 29.2 Å². The van der Waals surface area contributed by atoms with E-state index in [0.29, 0.717) is 0 Å². The third-order valence-corrected chi connectivity index (χ3v) is 3.25. The standard InChI is InChI=1S/C11H7ClFN3O3S/c1-19-10(18)6-4-5(13)2-3-7(6)14-8(17)9-15-16-11(12)20-9/h2-4H,1H3,(H,14,17). The highest BCUT2D eigenvalue weighted by molar-refractivity contribution is 7.17. The van der Waals surface area contributed by atoms with Gasteiger partial charge < -0.3 is 10.1 Å². The zero-order valence-corrected chi connectivity index (χ0v) is 11.6. The zero-order chi connectivity index (χ0) is 14.7. The fourth-order valence-corrected chi connectivity index (χ4v) is 2.10. The van der Waals surface area contributed by atoms with Crippen LogP contribution in [0.25, 0.3) is 0 Å². The van der Waals surface area contributed by atoms with Crippen molar-refractivity contribution in [3.8, 4) is 0 Å². The minimum atomic E-state index is -0.768. The van der Waals surface area contributed by atoms with Crippen LogP contribution in [0.15, 0.2) is 18.2 Å². The molecule has 0 radical (unpaired) electrons. The summed E-state index contributed by atoms with van der Waals surface area (Å²) < 4.78 is 17.8. The van der Waals surface area contributed by atoms with Crippen LogP contribution < -0.4 is 5.32 Å². The highest BCUT2D eigenvalue weighted by Gasteiger charge is 2.18. The van der Waals surface area contributed by atoms with Gasteiger partial charge in [0.05, 0.1) is 18.4 Å². The lowest BCUT2D eigenvalue weighted by molar-refractivity contribution is 0.0601. The first-order chi connectivity index (χ1) is 9.51. The fourth-order valence-electron chi connectivity index (χ4n) is 1.38. The van der Waals surface area contributed by atoms with Crippen LogP contribution in [0.1, 0.15) is 20.2 Å². The molecule has 0 aliphatic heterocycles. The lowest BCUT2D eigenvalue weighted by Crippen LogP contribution is -2.15. The van der Waals surface area contributed by atoms with Gasteiger partial charge in [0.15, 0.2) is 0 Å². The third-order valence-electron chi connectivity index (χ3n) is 2.23. The van der Waals surface area contributed by atoms with Crippen molar-refractivity contribution in [2.24, 2.45) is 0 Å². The van der Waals surface area contributed by atoms with Crippen LogP contribution in [0.4, 0.5) is 10.1 Å². The van der Waals surface area contributed by atoms with Gasteiger partial charge in [-0.25, -0.2) is 9.18 Å². The maximum atomic E-state index is 13.1. The molecule has 1 amide bonds. The highest BCUT2D eigenvalue weighted by atomic mass is 35.5. The number of benzene rings is 1. The first-order valence-corrected chi connectivity index (χ1v) is 6.39. The van der Waals surface area contributed by atoms with Gasteiger partial charge in [-0.2, -0.15) is 0 Å². The molecule has 1 aromatic heterocycles. The Morgan fingerprint density at radius 2 is 2.15 bits per heavy atom. The van der Waals surface area contributed by atoms with E-state index in [9.17, 15) is 14.0 Å². The molecule has 1 aromatic carbocycles. The molecular weight excluding hydrogens is 309 g/mol. The Morgan fingerprint density at radius 1 is 1.40 bits per heavy atom. The summed E-state index contributed by atoms with van der Waals surface area (Å²) >= 11 is 6.45. The lowest BCUT2D eigenvalue weighted by atomic mass is 10.1. The van der Waals surface area contributed by atoms with Crippen molar-refractivity contribution in [3.05, 3.63) is 39.1 Å². The first-order valence-electron chi connectivity index (χ1n) is 5.19. The van der Waals surface area contributed by atoms with E-state index in [4.69, 9.17) is 11.6 Å². The normalized spacial score (nSPS) is 10.2. The second kappa shape index (κ2) is 5.93. The highest BCUT2D eigenvalue weighted by Crippen LogP contribution is 2.21. The SMILES string of the molecule is COC(=O)c1cc(F)ccc1NC(=O)c1nnc(Cl)s1. The number of ether oxygens (including phenoxy) is 1. The zero-order valence-electron chi connectivity index (χ0n) is 10.0. The number of anilines is 1.